The molecule has 0 aliphatic carbocycles. The maximum absolute atomic E-state index is 11.1. The van der Waals surface area contributed by atoms with Gasteiger partial charge in [-0.2, -0.15) is 0 Å². The number of unbranched alkanes of at least 4 members (excludes halogenated alkanes) is 2. The fraction of sp³-hybridized carbons (Fsp3) is 0.632. The minimum atomic E-state index is -1.51. The standard InChI is InChI=1S/C19H30O4/c1-3-4-5-7-11-14-17-19(23-17)16(20)13-10-8-6-9-12-15-18(21)22-2/h6,8,10-11,13-14,16-17,19-20H,3-5,7,9,12,15H2,1-2H3/b8-6-,13-10-,14-11-/t16-,17-,19-/m0/s1/i6T,8T,10T,11T,13T,14T. The van der Waals surface area contributed by atoms with Gasteiger partial charge in [0.05, 0.1) is 15.3 Å². The summed E-state index contributed by atoms with van der Waals surface area (Å²) in [6.07, 6.45) is 0.452. The number of hydrogen-bond acceptors (Lipinski definition) is 4. The van der Waals surface area contributed by atoms with Crippen molar-refractivity contribution >= 4 is 5.97 Å². The molecule has 4 nitrogen and oxygen atoms in total. The molecule has 1 heterocycles. The Morgan fingerprint density at radius 1 is 1.30 bits per heavy atom. The fourth-order valence-corrected chi connectivity index (χ4v) is 1.84. The second-order valence-electron chi connectivity index (χ2n) is 5.25. The van der Waals surface area contributed by atoms with Crippen LogP contribution in [0.25, 0.3) is 0 Å². The SMILES string of the molecule is [3H]/C(CCCC(=O)OC)=C([3H])/C([3H])=C(/[3H])[C@H](O)[C@@H]1O[C@H]1/C([3H])=C(/[3H])CCCCC. The van der Waals surface area contributed by atoms with Gasteiger partial charge in [0.1, 0.15) is 18.3 Å². The predicted molar refractivity (Wildman–Crippen MR) is 92.1 cm³/mol. The molecule has 0 saturated carbocycles. The van der Waals surface area contributed by atoms with Crippen LogP contribution in [0.15, 0.2) is 36.3 Å². The molecule has 3 atom stereocenters. The highest BCUT2D eigenvalue weighted by Crippen LogP contribution is 2.27. The fourth-order valence-electron chi connectivity index (χ4n) is 1.84. The van der Waals surface area contributed by atoms with Gasteiger partial charge >= 0.3 is 5.97 Å². The highest BCUT2D eigenvalue weighted by atomic mass is 16.6. The molecule has 1 N–H and O–H groups in total. The number of methoxy groups -OCH3 is 1. The number of hydrogen-bond donors (Lipinski definition) is 1. The van der Waals surface area contributed by atoms with Gasteiger partial charge in [-0.05, 0) is 25.7 Å². The van der Waals surface area contributed by atoms with Gasteiger partial charge in [0.25, 0.3) is 0 Å². The number of carbonyl (C=O) groups excluding carboxylic acids is 1. The van der Waals surface area contributed by atoms with E-state index in [0.717, 1.165) is 19.3 Å². The smallest absolute Gasteiger partial charge is 0.305 e. The molecule has 1 rings (SSSR count). The van der Waals surface area contributed by atoms with Crippen LogP contribution < -0.4 is 0 Å². The van der Waals surface area contributed by atoms with Crippen molar-refractivity contribution < 1.29 is 27.6 Å². The Kier molecular flexibility index (Phi) is 6.33. The first-order chi connectivity index (χ1) is 13.6. The van der Waals surface area contributed by atoms with Gasteiger partial charge in [0.2, 0.25) is 0 Å². The van der Waals surface area contributed by atoms with Crippen molar-refractivity contribution in [1.29, 1.82) is 0 Å². The van der Waals surface area contributed by atoms with Crippen molar-refractivity contribution in [3.05, 3.63) is 36.3 Å². The third-order valence-electron chi connectivity index (χ3n) is 3.27. The van der Waals surface area contributed by atoms with Crippen LogP contribution in [-0.4, -0.2) is 36.5 Å². The zero-order valence-corrected chi connectivity index (χ0v) is 13.9. The molecule has 0 bridgehead atoms. The van der Waals surface area contributed by atoms with Crippen LogP contribution in [0.2, 0.25) is 0 Å². The molecule has 0 aromatic rings. The quantitative estimate of drug-likeness (QED) is 0.194. The average molecular weight is 334 g/mol. The van der Waals surface area contributed by atoms with Crippen LogP contribution in [0.4, 0.5) is 0 Å². The summed E-state index contributed by atoms with van der Waals surface area (Å²) in [6.45, 7) is 2.04. The van der Waals surface area contributed by atoms with Gasteiger partial charge < -0.3 is 14.6 Å². The first-order valence-electron chi connectivity index (χ1n) is 11.1. The van der Waals surface area contributed by atoms with Crippen molar-refractivity contribution in [1.82, 2.24) is 0 Å². The third kappa shape index (κ3) is 9.36. The number of aliphatic hydroxyl groups is 1. The lowest BCUT2D eigenvalue weighted by Gasteiger charge is -1.98. The lowest BCUT2D eigenvalue weighted by Crippen LogP contribution is -2.12. The molecule has 1 saturated heterocycles. The first-order valence-corrected chi connectivity index (χ1v) is 8.06. The normalized spacial score (nSPS) is 28.5. The number of epoxide rings is 1. The Morgan fingerprint density at radius 3 is 2.83 bits per heavy atom. The number of ether oxygens (including phenoxy) is 2. The Balaban J connectivity index is 2.74. The summed E-state index contributed by atoms with van der Waals surface area (Å²) < 4.78 is 57.3. The first kappa shape index (κ1) is 12.0. The lowest BCUT2D eigenvalue weighted by atomic mass is 10.1. The zero-order valence-electron chi connectivity index (χ0n) is 19.9. The molecule has 23 heavy (non-hydrogen) atoms. The summed E-state index contributed by atoms with van der Waals surface area (Å²) in [6, 6.07) is -1.77. The summed E-state index contributed by atoms with van der Waals surface area (Å²) in [5.74, 6) is -0.429. The van der Waals surface area contributed by atoms with Crippen LogP contribution in [0.5, 0.6) is 0 Å². The van der Waals surface area contributed by atoms with Crippen molar-refractivity contribution in [2.75, 3.05) is 7.11 Å². The Bertz CT molecular complexity index is 674. The minimum Gasteiger partial charge on any atom is -0.469 e. The summed E-state index contributed by atoms with van der Waals surface area (Å²) in [5.41, 5.74) is 0. The summed E-state index contributed by atoms with van der Waals surface area (Å²) >= 11 is 0. The van der Waals surface area contributed by atoms with Crippen molar-refractivity contribution in [3.63, 3.8) is 0 Å². The van der Waals surface area contributed by atoms with Crippen molar-refractivity contribution in [2.45, 2.75) is 70.2 Å². The molecular weight excluding hydrogens is 292 g/mol. The van der Waals surface area contributed by atoms with Crippen LogP contribution in [0.3, 0.4) is 0 Å². The second kappa shape index (κ2) is 12.1. The average Bonchev–Trinajstić information content (AvgIpc) is 3.51. The predicted octanol–water partition coefficient (Wildman–Crippen LogP) is 3.71. The molecular formula is C19H30O4. The summed E-state index contributed by atoms with van der Waals surface area (Å²) in [5, 5.41) is 10.3. The Hall–Kier alpha value is -1.39. The molecule has 0 aromatic heterocycles. The number of carbonyl (C=O) groups is 1. The number of aliphatic hydroxyl groups excluding tert-OH is 1. The van der Waals surface area contributed by atoms with Gasteiger partial charge in [-0.3, -0.25) is 4.79 Å². The molecule has 0 aromatic carbocycles. The van der Waals surface area contributed by atoms with E-state index >= 15 is 0 Å². The van der Waals surface area contributed by atoms with E-state index in [9.17, 15) is 9.90 Å². The van der Waals surface area contributed by atoms with Crippen LogP contribution in [-0.2, 0) is 14.3 Å². The van der Waals surface area contributed by atoms with E-state index in [-0.39, 0.29) is 37.4 Å². The van der Waals surface area contributed by atoms with Crippen molar-refractivity contribution in [3.8, 4) is 0 Å². The van der Waals surface area contributed by atoms with E-state index in [4.69, 9.17) is 13.0 Å². The maximum Gasteiger partial charge on any atom is 0.305 e. The molecule has 0 amide bonds. The van der Waals surface area contributed by atoms with Crippen LogP contribution >= 0.6 is 0 Å². The topological polar surface area (TPSA) is 59.1 Å². The molecule has 0 spiro atoms. The third-order valence-corrected chi connectivity index (χ3v) is 3.27. The van der Waals surface area contributed by atoms with Crippen LogP contribution in [0.1, 0.15) is 60.1 Å². The highest BCUT2D eigenvalue weighted by Gasteiger charge is 2.41. The molecule has 4 heteroatoms. The highest BCUT2D eigenvalue weighted by molar-refractivity contribution is 5.69. The minimum absolute atomic E-state index is 0.0323. The van der Waals surface area contributed by atoms with E-state index < -0.39 is 42.4 Å². The lowest BCUT2D eigenvalue weighted by molar-refractivity contribution is -0.140. The van der Waals surface area contributed by atoms with Gasteiger partial charge in [-0.15, -0.1) is 0 Å². The van der Waals surface area contributed by atoms with Gasteiger partial charge in [0, 0.05) is 6.42 Å². The van der Waals surface area contributed by atoms with E-state index in [1.165, 1.54) is 7.11 Å². The zero-order chi connectivity index (χ0) is 22.1. The molecule has 0 radical (unpaired) electrons. The largest absolute Gasteiger partial charge is 0.469 e. The summed E-state index contributed by atoms with van der Waals surface area (Å²) in [7, 11) is 1.26. The molecule has 0 unspecified atom stereocenters. The number of rotatable bonds is 12. The van der Waals surface area contributed by atoms with Gasteiger partial charge in [0.15, 0.2) is 0 Å². The molecule has 1 aliphatic heterocycles. The summed E-state index contributed by atoms with van der Waals surface area (Å²) in [4.78, 5) is 11.1. The van der Waals surface area contributed by atoms with Gasteiger partial charge in [-0.1, -0.05) is 56.1 Å². The number of esters is 1. The molecule has 1 aliphatic rings. The van der Waals surface area contributed by atoms with Crippen molar-refractivity contribution in [2.24, 2.45) is 0 Å². The van der Waals surface area contributed by atoms with E-state index in [1.54, 1.807) is 0 Å². The van der Waals surface area contributed by atoms with E-state index in [1.807, 2.05) is 6.92 Å². The molecule has 1 fully saturated rings. The second-order valence-corrected chi connectivity index (χ2v) is 5.25. The van der Waals surface area contributed by atoms with Gasteiger partial charge in [-0.25, -0.2) is 0 Å². The van der Waals surface area contributed by atoms with E-state index in [0.29, 0.717) is 6.42 Å². The monoisotopic (exact) mass is 334 g/mol. The Morgan fingerprint density at radius 2 is 2.09 bits per heavy atom. The number of allylic oxidation sites excluding steroid dienone is 4. The maximum atomic E-state index is 11.1. The Labute approximate surface area is 148 Å². The molecule has 130 valence electrons. The van der Waals surface area contributed by atoms with Crippen LogP contribution in [0, 0.1) is 0 Å². The van der Waals surface area contributed by atoms with E-state index in [2.05, 4.69) is 4.74 Å².